The van der Waals surface area contributed by atoms with E-state index >= 15 is 0 Å². The number of hydrogen-bond donors (Lipinski definition) is 1. The van der Waals surface area contributed by atoms with E-state index in [1.165, 1.54) is 12.1 Å². The molecule has 1 heterocycles. The molecule has 6 nitrogen and oxygen atoms in total. The summed E-state index contributed by atoms with van der Waals surface area (Å²) in [6.45, 7) is 6.45. The van der Waals surface area contributed by atoms with E-state index in [4.69, 9.17) is 16.3 Å². The minimum absolute atomic E-state index is 0.0369. The summed E-state index contributed by atoms with van der Waals surface area (Å²) in [7, 11) is 0. The number of aromatic nitrogens is 3. The molecule has 0 radical (unpaired) electrons. The number of benzene rings is 2. The van der Waals surface area contributed by atoms with Gasteiger partial charge >= 0.3 is 6.18 Å². The summed E-state index contributed by atoms with van der Waals surface area (Å²) in [5.41, 5.74) is 1.07. The number of alkyl halides is 3. The van der Waals surface area contributed by atoms with Crippen molar-refractivity contribution in [1.29, 1.82) is 0 Å². The first-order valence-electron chi connectivity index (χ1n) is 10.00. The van der Waals surface area contributed by atoms with Crippen molar-refractivity contribution in [2.45, 2.75) is 45.3 Å². The first kappa shape index (κ1) is 24.9. The van der Waals surface area contributed by atoms with Crippen LogP contribution in [0.1, 0.15) is 29.4 Å². The van der Waals surface area contributed by atoms with Gasteiger partial charge < -0.3 is 14.6 Å². The van der Waals surface area contributed by atoms with Crippen molar-refractivity contribution in [3.8, 4) is 5.75 Å². The lowest BCUT2D eigenvalue weighted by Crippen LogP contribution is -2.15. The van der Waals surface area contributed by atoms with Crippen LogP contribution in [0, 0.1) is 13.8 Å². The number of rotatable bonds is 8. The Morgan fingerprint density at radius 1 is 1.18 bits per heavy atom. The number of ether oxygens (including phenoxy) is 1. The topological polar surface area (TPSA) is 69.0 Å². The van der Waals surface area contributed by atoms with Crippen molar-refractivity contribution < 1.29 is 22.7 Å². The average Bonchev–Trinajstić information content (AvgIpc) is 3.16. The van der Waals surface area contributed by atoms with Gasteiger partial charge in [-0.2, -0.15) is 13.2 Å². The molecule has 33 heavy (non-hydrogen) atoms. The number of carbonyl (C=O) groups is 1. The molecule has 1 amide bonds. The molecule has 0 aliphatic heterocycles. The number of anilines is 1. The van der Waals surface area contributed by atoms with Crippen LogP contribution in [-0.2, 0) is 24.1 Å². The Labute approximate surface area is 198 Å². The van der Waals surface area contributed by atoms with Crippen molar-refractivity contribution in [2.24, 2.45) is 0 Å². The van der Waals surface area contributed by atoms with E-state index in [2.05, 4.69) is 15.5 Å². The van der Waals surface area contributed by atoms with Crippen LogP contribution in [0.5, 0.6) is 5.75 Å². The van der Waals surface area contributed by atoms with Crippen LogP contribution in [0.15, 0.2) is 41.6 Å². The van der Waals surface area contributed by atoms with Gasteiger partial charge in [0.25, 0.3) is 0 Å². The summed E-state index contributed by atoms with van der Waals surface area (Å²) >= 11 is 7.33. The fourth-order valence-corrected chi connectivity index (χ4v) is 4.02. The molecule has 0 spiro atoms. The normalized spacial score (nSPS) is 11.5. The summed E-state index contributed by atoms with van der Waals surface area (Å²) in [5, 5.41) is 12.0. The minimum atomic E-state index is -4.48. The molecule has 176 valence electrons. The molecule has 1 aromatic heterocycles. The summed E-state index contributed by atoms with van der Waals surface area (Å²) in [6, 6.07) is 8.18. The van der Waals surface area contributed by atoms with E-state index in [1.807, 2.05) is 37.5 Å². The molecule has 0 fully saturated rings. The van der Waals surface area contributed by atoms with Gasteiger partial charge in [0.05, 0.1) is 11.3 Å². The number of hydrogen-bond acceptors (Lipinski definition) is 5. The number of halogens is 4. The van der Waals surface area contributed by atoms with E-state index < -0.39 is 17.6 Å². The lowest BCUT2D eigenvalue weighted by Gasteiger charge is -2.11. The molecule has 0 unspecified atom stereocenters. The highest BCUT2D eigenvalue weighted by molar-refractivity contribution is 7.99. The molecule has 3 rings (SSSR count). The Bertz CT molecular complexity index is 1130. The van der Waals surface area contributed by atoms with Gasteiger partial charge in [0.15, 0.2) is 11.0 Å². The highest BCUT2D eigenvalue weighted by Gasteiger charge is 2.30. The van der Waals surface area contributed by atoms with E-state index in [0.29, 0.717) is 28.3 Å². The quantitative estimate of drug-likeness (QED) is 0.392. The molecule has 2 aromatic carbocycles. The predicted octanol–water partition coefficient (Wildman–Crippen LogP) is 5.90. The van der Waals surface area contributed by atoms with E-state index in [1.54, 1.807) is 0 Å². The molecular weight excluding hydrogens is 477 g/mol. The molecule has 0 aliphatic carbocycles. The summed E-state index contributed by atoms with van der Waals surface area (Å²) < 4.78 is 46.2. The van der Waals surface area contributed by atoms with Crippen molar-refractivity contribution in [2.75, 3.05) is 11.1 Å². The molecule has 0 aliphatic rings. The zero-order valence-corrected chi connectivity index (χ0v) is 19.7. The van der Waals surface area contributed by atoms with Crippen molar-refractivity contribution in [3.63, 3.8) is 0 Å². The van der Waals surface area contributed by atoms with Crippen LogP contribution in [-0.4, -0.2) is 26.4 Å². The van der Waals surface area contributed by atoms with Gasteiger partial charge in [-0.3, -0.25) is 4.79 Å². The molecule has 0 atom stereocenters. The van der Waals surface area contributed by atoms with Crippen molar-refractivity contribution in [1.82, 2.24) is 14.8 Å². The predicted molar refractivity (Wildman–Crippen MR) is 122 cm³/mol. The molecule has 3 aromatic rings. The van der Waals surface area contributed by atoms with Crippen LogP contribution in [0.3, 0.4) is 0 Å². The monoisotopic (exact) mass is 498 g/mol. The molecular formula is C22H22ClF3N4O2S. The molecule has 0 saturated heterocycles. The van der Waals surface area contributed by atoms with Crippen LogP contribution < -0.4 is 10.1 Å². The Hall–Kier alpha value is -2.72. The molecule has 0 saturated carbocycles. The Morgan fingerprint density at radius 2 is 1.88 bits per heavy atom. The first-order chi connectivity index (χ1) is 15.6. The van der Waals surface area contributed by atoms with Gasteiger partial charge in [-0.15, -0.1) is 10.2 Å². The van der Waals surface area contributed by atoms with Crippen LogP contribution in [0.25, 0.3) is 0 Å². The fraction of sp³-hybridized carbons (Fsp3) is 0.318. The Balaban J connectivity index is 1.60. The standard InChI is InChI=1S/C22H22ClF3N4O2S/c1-4-30-18(11-32-17-8-13(2)20(23)14(3)9-17)28-29-21(30)33-12-19(31)27-16-7-5-6-15(10-16)22(24,25)26/h5-10H,4,11-12H2,1-3H3,(H,27,31). The van der Waals surface area contributed by atoms with Crippen LogP contribution in [0.4, 0.5) is 18.9 Å². The lowest BCUT2D eigenvalue weighted by atomic mass is 10.1. The summed E-state index contributed by atoms with van der Waals surface area (Å²) in [6.07, 6.45) is -4.48. The minimum Gasteiger partial charge on any atom is -0.486 e. The van der Waals surface area contributed by atoms with E-state index in [0.717, 1.165) is 35.0 Å². The van der Waals surface area contributed by atoms with Crippen LogP contribution in [0.2, 0.25) is 5.02 Å². The zero-order chi connectivity index (χ0) is 24.2. The van der Waals surface area contributed by atoms with Crippen molar-refractivity contribution in [3.05, 3.63) is 63.9 Å². The number of thioether (sulfide) groups is 1. The molecule has 11 heteroatoms. The zero-order valence-electron chi connectivity index (χ0n) is 18.2. The molecule has 0 bridgehead atoms. The maximum Gasteiger partial charge on any atom is 0.416 e. The summed E-state index contributed by atoms with van der Waals surface area (Å²) in [4.78, 5) is 12.2. The number of nitrogens with zero attached hydrogens (tertiary/aromatic N) is 3. The smallest absolute Gasteiger partial charge is 0.416 e. The maximum absolute atomic E-state index is 12.8. The third-order valence-electron chi connectivity index (χ3n) is 4.69. The second-order valence-electron chi connectivity index (χ2n) is 7.22. The highest BCUT2D eigenvalue weighted by atomic mass is 35.5. The number of amides is 1. The largest absolute Gasteiger partial charge is 0.486 e. The second kappa shape index (κ2) is 10.5. The van der Waals surface area contributed by atoms with Gasteiger partial charge in [0.1, 0.15) is 12.4 Å². The van der Waals surface area contributed by atoms with E-state index in [-0.39, 0.29) is 18.0 Å². The van der Waals surface area contributed by atoms with Gasteiger partial charge in [-0.05, 0) is 62.2 Å². The molecule has 1 N–H and O–H groups in total. The number of carbonyl (C=O) groups excluding carboxylic acids is 1. The van der Waals surface area contributed by atoms with E-state index in [9.17, 15) is 18.0 Å². The SMILES string of the molecule is CCn1c(COc2cc(C)c(Cl)c(C)c2)nnc1SCC(=O)Nc1cccc(C(F)(F)F)c1. The Kier molecular flexibility index (Phi) is 7.91. The third kappa shape index (κ3) is 6.42. The summed E-state index contributed by atoms with van der Waals surface area (Å²) in [5.74, 6) is 0.762. The third-order valence-corrected chi connectivity index (χ3v) is 6.26. The van der Waals surface area contributed by atoms with Gasteiger partial charge in [0, 0.05) is 17.3 Å². The number of aryl methyl sites for hydroxylation is 2. The second-order valence-corrected chi connectivity index (χ2v) is 8.54. The van der Waals surface area contributed by atoms with Gasteiger partial charge in [-0.25, -0.2) is 0 Å². The number of nitrogens with one attached hydrogen (secondary N) is 1. The van der Waals surface area contributed by atoms with Crippen molar-refractivity contribution >= 4 is 35.0 Å². The van der Waals surface area contributed by atoms with Gasteiger partial charge in [-0.1, -0.05) is 29.4 Å². The Morgan fingerprint density at radius 3 is 2.52 bits per heavy atom. The maximum atomic E-state index is 12.8. The fourth-order valence-electron chi connectivity index (χ4n) is 3.09. The average molecular weight is 499 g/mol. The lowest BCUT2D eigenvalue weighted by molar-refractivity contribution is -0.137. The highest BCUT2D eigenvalue weighted by Crippen LogP contribution is 2.31. The first-order valence-corrected chi connectivity index (χ1v) is 11.4. The van der Waals surface area contributed by atoms with Gasteiger partial charge in [0.2, 0.25) is 5.91 Å². The van der Waals surface area contributed by atoms with Crippen LogP contribution >= 0.6 is 23.4 Å².